The number of pyridine rings is 1. The monoisotopic (exact) mass is 378 g/mol. The SMILES string of the molecule is Cc1ccc2nc3sc(C(=O)Nc4ccc([N+](=O)[O-])cc4)c(N)c3cc2c1. The lowest BCUT2D eigenvalue weighted by molar-refractivity contribution is -0.384. The smallest absolute Gasteiger partial charge is 0.269 e. The number of rotatable bonds is 3. The van der Waals surface area contributed by atoms with Crippen molar-refractivity contribution in [2.45, 2.75) is 6.92 Å². The van der Waals surface area contributed by atoms with E-state index >= 15 is 0 Å². The van der Waals surface area contributed by atoms with Gasteiger partial charge in [0, 0.05) is 28.6 Å². The van der Waals surface area contributed by atoms with E-state index in [1.165, 1.54) is 35.6 Å². The molecule has 0 bridgehead atoms. The van der Waals surface area contributed by atoms with E-state index in [0.29, 0.717) is 21.1 Å². The summed E-state index contributed by atoms with van der Waals surface area (Å²) in [6, 6.07) is 13.5. The van der Waals surface area contributed by atoms with Gasteiger partial charge in [0.2, 0.25) is 0 Å². The van der Waals surface area contributed by atoms with E-state index in [-0.39, 0.29) is 11.6 Å². The van der Waals surface area contributed by atoms with Gasteiger partial charge in [-0.2, -0.15) is 0 Å². The van der Waals surface area contributed by atoms with Crippen LogP contribution in [0.1, 0.15) is 15.2 Å². The highest BCUT2D eigenvalue weighted by atomic mass is 32.1. The van der Waals surface area contributed by atoms with Gasteiger partial charge in [0.05, 0.1) is 16.1 Å². The zero-order valence-corrected chi connectivity index (χ0v) is 15.0. The number of thiophene rings is 1. The first-order valence-corrected chi connectivity index (χ1v) is 8.89. The third-order valence-electron chi connectivity index (χ3n) is 4.21. The molecule has 0 fully saturated rings. The third-order valence-corrected chi connectivity index (χ3v) is 5.33. The summed E-state index contributed by atoms with van der Waals surface area (Å²) in [5.74, 6) is -0.371. The molecule has 1 amide bonds. The first-order valence-electron chi connectivity index (χ1n) is 8.07. The van der Waals surface area contributed by atoms with Gasteiger partial charge in [0.25, 0.3) is 11.6 Å². The van der Waals surface area contributed by atoms with Crippen LogP contribution < -0.4 is 11.1 Å². The highest BCUT2D eigenvalue weighted by Crippen LogP contribution is 2.35. The Balaban J connectivity index is 1.70. The predicted molar refractivity (Wildman–Crippen MR) is 107 cm³/mol. The van der Waals surface area contributed by atoms with Crippen molar-refractivity contribution in [3.8, 4) is 0 Å². The number of carbonyl (C=O) groups is 1. The molecule has 0 aliphatic heterocycles. The zero-order valence-electron chi connectivity index (χ0n) is 14.2. The number of benzene rings is 2. The van der Waals surface area contributed by atoms with Crippen LogP contribution >= 0.6 is 11.3 Å². The fourth-order valence-corrected chi connectivity index (χ4v) is 3.83. The first kappa shape index (κ1) is 16.9. The molecule has 3 N–H and O–H groups in total. The molecule has 0 saturated carbocycles. The van der Waals surface area contributed by atoms with Crippen LogP contribution in [0.4, 0.5) is 17.1 Å². The fraction of sp³-hybridized carbons (Fsp3) is 0.0526. The number of aryl methyl sites for hydroxylation is 1. The highest BCUT2D eigenvalue weighted by molar-refractivity contribution is 7.21. The second-order valence-corrected chi connectivity index (χ2v) is 7.14. The van der Waals surface area contributed by atoms with Crippen LogP contribution in [0.5, 0.6) is 0 Å². The van der Waals surface area contributed by atoms with Crippen molar-refractivity contribution in [3.63, 3.8) is 0 Å². The molecule has 134 valence electrons. The molecule has 27 heavy (non-hydrogen) atoms. The lowest BCUT2D eigenvalue weighted by Gasteiger charge is -2.04. The predicted octanol–water partition coefficient (Wildman–Crippen LogP) is 4.50. The van der Waals surface area contributed by atoms with E-state index in [4.69, 9.17) is 5.73 Å². The number of nitrogens with two attached hydrogens (primary N) is 1. The van der Waals surface area contributed by atoms with Crippen LogP contribution in [0, 0.1) is 17.0 Å². The van der Waals surface area contributed by atoms with Gasteiger partial charge in [-0.15, -0.1) is 11.3 Å². The Morgan fingerprint density at radius 2 is 1.93 bits per heavy atom. The second-order valence-electron chi connectivity index (χ2n) is 6.14. The molecule has 0 atom stereocenters. The quantitative estimate of drug-likeness (QED) is 0.403. The molecule has 0 saturated heterocycles. The Bertz CT molecular complexity index is 1220. The molecule has 7 nitrogen and oxygen atoms in total. The van der Waals surface area contributed by atoms with Crippen molar-refractivity contribution in [2.24, 2.45) is 0 Å². The largest absolute Gasteiger partial charge is 0.397 e. The van der Waals surface area contributed by atoms with Gasteiger partial charge < -0.3 is 11.1 Å². The number of hydrogen-bond acceptors (Lipinski definition) is 6. The number of nitrogens with one attached hydrogen (secondary N) is 1. The van der Waals surface area contributed by atoms with Crippen LogP contribution in [-0.2, 0) is 0 Å². The number of non-ortho nitro benzene ring substituents is 1. The minimum atomic E-state index is -0.492. The Morgan fingerprint density at radius 1 is 1.19 bits per heavy atom. The molecular formula is C19H14N4O3S. The van der Waals surface area contributed by atoms with Gasteiger partial charge in [-0.05, 0) is 37.3 Å². The summed E-state index contributed by atoms with van der Waals surface area (Å²) in [4.78, 5) is 28.5. The second kappa shape index (κ2) is 6.33. The lowest BCUT2D eigenvalue weighted by Crippen LogP contribution is -2.11. The van der Waals surface area contributed by atoms with E-state index in [1.54, 1.807) is 0 Å². The molecule has 2 heterocycles. The highest BCUT2D eigenvalue weighted by Gasteiger charge is 2.18. The molecule has 0 radical (unpaired) electrons. The van der Waals surface area contributed by atoms with Crippen LogP contribution in [0.25, 0.3) is 21.1 Å². The van der Waals surface area contributed by atoms with Crippen LogP contribution in [0.3, 0.4) is 0 Å². The maximum Gasteiger partial charge on any atom is 0.269 e. The van der Waals surface area contributed by atoms with E-state index in [9.17, 15) is 14.9 Å². The topological polar surface area (TPSA) is 111 Å². The van der Waals surface area contributed by atoms with Gasteiger partial charge in [-0.3, -0.25) is 14.9 Å². The average Bonchev–Trinajstić information content (AvgIpc) is 2.96. The van der Waals surface area contributed by atoms with E-state index in [0.717, 1.165) is 21.9 Å². The summed E-state index contributed by atoms with van der Waals surface area (Å²) in [6.45, 7) is 2.00. The minimum absolute atomic E-state index is 0.0411. The molecule has 0 aliphatic rings. The van der Waals surface area contributed by atoms with Crippen molar-refractivity contribution in [3.05, 3.63) is 69.1 Å². The number of fused-ring (bicyclic) bond motifs is 2. The van der Waals surface area contributed by atoms with E-state index in [2.05, 4.69) is 10.3 Å². The van der Waals surface area contributed by atoms with Crippen molar-refractivity contribution in [1.29, 1.82) is 0 Å². The minimum Gasteiger partial charge on any atom is -0.397 e. The van der Waals surface area contributed by atoms with Crippen LogP contribution in [0.15, 0.2) is 48.5 Å². The molecule has 0 aliphatic carbocycles. The Hall–Kier alpha value is -3.52. The molecule has 0 spiro atoms. The molecule has 2 aromatic carbocycles. The summed E-state index contributed by atoms with van der Waals surface area (Å²) in [5, 5.41) is 15.1. The van der Waals surface area contributed by atoms with Gasteiger partial charge in [0.15, 0.2) is 0 Å². The molecule has 4 rings (SSSR count). The number of nitro benzene ring substituents is 1. The average molecular weight is 378 g/mol. The van der Waals surface area contributed by atoms with Gasteiger partial charge in [-0.1, -0.05) is 11.6 Å². The number of carbonyl (C=O) groups excluding carboxylic acids is 1. The molecule has 2 aromatic heterocycles. The maximum atomic E-state index is 12.6. The van der Waals surface area contributed by atoms with Crippen molar-refractivity contribution < 1.29 is 9.72 Å². The summed E-state index contributed by atoms with van der Waals surface area (Å²) in [7, 11) is 0. The van der Waals surface area contributed by atoms with E-state index in [1.807, 2.05) is 31.2 Å². The summed E-state index contributed by atoms with van der Waals surface area (Å²) in [5.41, 5.74) is 8.96. The van der Waals surface area contributed by atoms with Crippen molar-refractivity contribution in [2.75, 3.05) is 11.1 Å². The molecule has 0 unspecified atom stereocenters. The number of nitrogens with zero attached hydrogens (tertiary/aromatic N) is 2. The Labute approximate surface area is 157 Å². The van der Waals surface area contributed by atoms with Gasteiger partial charge in [-0.25, -0.2) is 4.98 Å². The number of nitro groups is 1. The molecule has 4 aromatic rings. The summed E-state index contributed by atoms with van der Waals surface area (Å²) < 4.78 is 0. The molecular weight excluding hydrogens is 364 g/mol. The third kappa shape index (κ3) is 3.06. The first-order chi connectivity index (χ1) is 12.9. The van der Waals surface area contributed by atoms with Crippen molar-refractivity contribution >= 4 is 55.4 Å². The lowest BCUT2D eigenvalue weighted by atomic mass is 10.1. The van der Waals surface area contributed by atoms with Crippen LogP contribution in [0.2, 0.25) is 0 Å². The number of amides is 1. The van der Waals surface area contributed by atoms with E-state index < -0.39 is 4.92 Å². The fourth-order valence-electron chi connectivity index (χ4n) is 2.85. The Kier molecular flexibility index (Phi) is 3.97. The zero-order chi connectivity index (χ0) is 19.1. The molecule has 8 heteroatoms. The number of anilines is 2. The van der Waals surface area contributed by atoms with Gasteiger partial charge >= 0.3 is 0 Å². The number of aromatic nitrogens is 1. The normalized spacial score (nSPS) is 11.0. The summed E-state index contributed by atoms with van der Waals surface area (Å²) in [6.07, 6.45) is 0. The Morgan fingerprint density at radius 3 is 2.63 bits per heavy atom. The van der Waals surface area contributed by atoms with Gasteiger partial charge in [0.1, 0.15) is 9.71 Å². The van der Waals surface area contributed by atoms with Crippen molar-refractivity contribution in [1.82, 2.24) is 4.98 Å². The summed E-state index contributed by atoms with van der Waals surface area (Å²) >= 11 is 1.22. The standard InChI is InChI=1S/C19H14N4O3S/c1-10-2-7-15-11(8-10)9-14-16(20)17(27-19(14)22-15)18(24)21-12-3-5-13(6-4-12)23(25)26/h2-9H,20H2,1H3,(H,21,24). The maximum absolute atomic E-state index is 12.6. The number of nitrogen functional groups attached to an aromatic ring is 1. The van der Waals surface area contributed by atoms with Crippen LogP contribution in [-0.4, -0.2) is 15.8 Å². The number of hydrogen-bond donors (Lipinski definition) is 2.